The molecule has 0 saturated heterocycles. The van der Waals surface area contributed by atoms with Crippen molar-refractivity contribution in [2.75, 3.05) is 21.3 Å². The number of nitrogens with one attached hydrogen (secondary N) is 1. The van der Waals surface area contributed by atoms with Crippen LogP contribution < -0.4 is 14.2 Å². The van der Waals surface area contributed by atoms with E-state index in [9.17, 15) is 0 Å². The topological polar surface area (TPSA) is 43.5 Å². The summed E-state index contributed by atoms with van der Waals surface area (Å²) >= 11 is 0. The van der Waals surface area contributed by atoms with E-state index in [-0.39, 0.29) is 0 Å². The Bertz CT molecular complexity index is 719. The number of methoxy groups -OCH3 is 3. The molecule has 1 aromatic heterocycles. The van der Waals surface area contributed by atoms with E-state index < -0.39 is 0 Å². The molecule has 0 aliphatic carbocycles. The number of fused-ring (bicyclic) bond motifs is 1. The third kappa shape index (κ3) is 2.29. The van der Waals surface area contributed by atoms with E-state index in [0.29, 0.717) is 0 Å². The molecule has 21 heavy (non-hydrogen) atoms. The fraction of sp³-hybridized carbons (Fsp3) is 0.176. The molecule has 0 aliphatic rings. The van der Waals surface area contributed by atoms with Gasteiger partial charge in [-0.3, -0.25) is 0 Å². The van der Waals surface area contributed by atoms with Crippen LogP contribution >= 0.6 is 0 Å². The monoisotopic (exact) mass is 283 g/mol. The summed E-state index contributed by atoms with van der Waals surface area (Å²) in [6.07, 6.45) is 0. The minimum atomic E-state index is 0.797. The first-order valence-electron chi connectivity index (χ1n) is 6.65. The van der Waals surface area contributed by atoms with Crippen LogP contribution in [0.2, 0.25) is 0 Å². The van der Waals surface area contributed by atoms with Crippen molar-refractivity contribution in [1.82, 2.24) is 4.98 Å². The average Bonchev–Trinajstić information content (AvgIpc) is 2.99. The number of ether oxygens (including phenoxy) is 3. The molecule has 4 heteroatoms. The average molecular weight is 283 g/mol. The number of rotatable bonds is 4. The van der Waals surface area contributed by atoms with Crippen molar-refractivity contribution in [2.45, 2.75) is 0 Å². The fourth-order valence-corrected chi connectivity index (χ4v) is 2.44. The van der Waals surface area contributed by atoms with E-state index in [2.05, 4.69) is 11.1 Å². The number of aromatic nitrogens is 1. The summed E-state index contributed by atoms with van der Waals surface area (Å²) < 4.78 is 16.0. The van der Waals surface area contributed by atoms with Gasteiger partial charge in [-0.05, 0) is 48.0 Å². The van der Waals surface area contributed by atoms with Crippen LogP contribution in [0.25, 0.3) is 22.2 Å². The maximum Gasteiger partial charge on any atom is 0.143 e. The summed E-state index contributed by atoms with van der Waals surface area (Å²) in [4.78, 5) is 3.40. The largest absolute Gasteiger partial charge is 0.497 e. The molecule has 0 atom stereocenters. The van der Waals surface area contributed by atoms with Gasteiger partial charge in [0.1, 0.15) is 17.2 Å². The molecule has 0 unspecified atom stereocenters. The second-order valence-electron chi connectivity index (χ2n) is 4.67. The highest BCUT2D eigenvalue weighted by Crippen LogP contribution is 2.36. The Kier molecular flexibility index (Phi) is 3.44. The van der Waals surface area contributed by atoms with Crippen molar-refractivity contribution in [3.63, 3.8) is 0 Å². The number of hydrogen-bond acceptors (Lipinski definition) is 3. The van der Waals surface area contributed by atoms with Crippen molar-refractivity contribution in [3.8, 4) is 28.5 Å². The van der Waals surface area contributed by atoms with Crippen molar-refractivity contribution in [3.05, 3.63) is 42.5 Å². The Balaban J connectivity index is 2.14. The molecule has 0 bridgehead atoms. The summed E-state index contributed by atoms with van der Waals surface area (Å²) in [5.74, 6) is 2.46. The van der Waals surface area contributed by atoms with Crippen LogP contribution in [-0.4, -0.2) is 26.3 Å². The minimum Gasteiger partial charge on any atom is -0.497 e. The van der Waals surface area contributed by atoms with Crippen LogP contribution in [0.5, 0.6) is 17.2 Å². The smallest absolute Gasteiger partial charge is 0.143 e. The van der Waals surface area contributed by atoms with Crippen molar-refractivity contribution < 1.29 is 14.2 Å². The number of H-pyrrole nitrogens is 1. The third-order valence-corrected chi connectivity index (χ3v) is 3.56. The van der Waals surface area contributed by atoms with Gasteiger partial charge in [-0.25, -0.2) is 0 Å². The van der Waals surface area contributed by atoms with Gasteiger partial charge in [-0.2, -0.15) is 0 Å². The normalized spacial score (nSPS) is 10.6. The summed E-state index contributed by atoms with van der Waals surface area (Å²) in [5.41, 5.74) is 3.02. The molecule has 2 aromatic carbocycles. The van der Waals surface area contributed by atoms with Crippen LogP contribution in [0.15, 0.2) is 42.5 Å². The lowest BCUT2D eigenvalue weighted by Gasteiger charge is -2.05. The van der Waals surface area contributed by atoms with Gasteiger partial charge in [0.15, 0.2) is 0 Å². The summed E-state index contributed by atoms with van der Waals surface area (Å²) in [6, 6.07) is 13.8. The molecule has 0 spiro atoms. The number of hydrogen-bond donors (Lipinski definition) is 1. The predicted molar refractivity (Wildman–Crippen MR) is 83.4 cm³/mol. The molecular weight excluding hydrogens is 266 g/mol. The Morgan fingerprint density at radius 1 is 0.762 bits per heavy atom. The molecule has 3 aromatic rings. The van der Waals surface area contributed by atoms with E-state index >= 15 is 0 Å². The molecule has 0 saturated carbocycles. The molecule has 0 fully saturated rings. The highest BCUT2D eigenvalue weighted by molar-refractivity contribution is 5.94. The van der Waals surface area contributed by atoms with Crippen molar-refractivity contribution in [1.29, 1.82) is 0 Å². The first kappa shape index (κ1) is 13.4. The van der Waals surface area contributed by atoms with E-state index in [1.165, 1.54) is 0 Å². The Hall–Kier alpha value is -2.62. The van der Waals surface area contributed by atoms with E-state index in [0.717, 1.165) is 39.4 Å². The van der Waals surface area contributed by atoms with Gasteiger partial charge in [-0.1, -0.05) is 0 Å². The quantitative estimate of drug-likeness (QED) is 0.790. The predicted octanol–water partition coefficient (Wildman–Crippen LogP) is 3.86. The molecule has 0 radical (unpaired) electrons. The molecule has 0 aliphatic heterocycles. The lowest BCUT2D eigenvalue weighted by molar-refractivity contribution is 0.410. The highest BCUT2D eigenvalue weighted by atomic mass is 16.5. The lowest BCUT2D eigenvalue weighted by Crippen LogP contribution is -1.87. The van der Waals surface area contributed by atoms with Gasteiger partial charge in [0.25, 0.3) is 0 Å². The third-order valence-electron chi connectivity index (χ3n) is 3.56. The van der Waals surface area contributed by atoms with Crippen LogP contribution in [0.1, 0.15) is 0 Å². The van der Waals surface area contributed by atoms with Gasteiger partial charge >= 0.3 is 0 Å². The van der Waals surface area contributed by atoms with Gasteiger partial charge in [0.2, 0.25) is 0 Å². The molecule has 108 valence electrons. The van der Waals surface area contributed by atoms with Crippen molar-refractivity contribution >= 4 is 10.9 Å². The van der Waals surface area contributed by atoms with E-state index in [1.807, 2.05) is 36.4 Å². The van der Waals surface area contributed by atoms with Gasteiger partial charge in [0.05, 0.1) is 26.8 Å². The summed E-state index contributed by atoms with van der Waals surface area (Å²) in [5, 5.41) is 1.00. The molecular formula is C17H17NO3. The second kappa shape index (κ2) is 5.40. The minimum absolute atomic E-state index is 0.797. The van der Waals surface area contributed by atoms with Crippen LogP contribution in [0, 0.1) is 0 Å². The molecule has 3 rings (SSSR count). The van der Waals surface area contributed by atoms with Gasteiger partial charge in [-0.15, -0.1) is 0 Å². The lowest BCUT2D eigenvalue weighted by atomic mass is 10.1. The van der Waals surface area contributed by atoms with Crippen LogP contribution in [0.4, 0.5) is 0 Å². The zero-order valence-corrected chi connectivity index (χ0v) is 12.3. The Morgan fingerprint density at radius 2 is 1.43 bits per heavy atom. The van der Waals surface area contributed by atoms with E-state index in [4.69, 9.17) is 14.2 Å². The second-order valence-corrected chi connectivity index (χ2v) is 4.67. The van der Waals surface area contributed by atoms with Gasteiger partial charge < -0.3 is 19.2 Å². The Morgan fingerprint density at radius 3 is 2.05 bits per heavy atom. The van der Waals surface area contributed by atoms with Crippen LogP contribution in [0.3, 0.4) is 0 Å². The van der Waals surface area contributed by atoms with E-state index in [1.54, 1.807) is 21.3 Å². The van der Waals surface area contributed by atoms with Gasteiger partial charge in [0, 0.05) is 11.1 Å². The molecule has 1 N–H and O–H groups in total. The fourth-order valence-electron chi connectivity index (χ4n) is 2.44. The zero-order valence-electron chi connectivity index (χ0n) is 12.3. The standard InChI is InChI=1S/C17H17NO3/c1-19-12-6-4-11(5-7-12)14-10-13-15(20-2)8-9-16(21-3)17(13)18-14/h4-10,18H,1-3H3. The molecule has 4 nitrogen and oxygen atoms in total. The summed E-state index contributed by atoms with van der Waals surface area (Å²) in [7, 11) is 4.99. The first-order chi connectivity index (χ1) is 10.3. The molecule has 0 amide bonds. The summed E-state index contributed by atoms with van der Waals surface area (Å²) in [6.45, 7) is 0. The maximum absolute atomic E-state index is 5.42. The molecule has 1 heterocycles. The Labute approximate surface area is 123 Å². The number of benzene rings is 2. The highest BCUT2D eigenvalue weighted by Gasteiger charge is 2.12. The number of aromatic amines is 1. The van der Waals surface area contributed by atoms with Crippen molar-refractivity contribution in [2.24, 2.45) is 0 Å². The first-order valence-corrected chi connectivity index (χ1v) is 6.65. The maximum atomic E-state index is 5.42. The SMILES string of the molecule is COc1ccc(-c2cc3c(OC)ccc(OC)c3[nH]2)cc1. The zero-order chi connectivity index (χ0) is 14.8. The van der Waals surface area contributed by atoms with Crippen LogP contribution in [-0.2, 0) is 0 Å².